The molecular weight excluding hydrogens is 277 g/mol. The molecule has 0 radical (unpaired) electrons. The topological polar surface area (TPSA) is 75.2 Å². The van der Waals surface area contributed by atoms with Crippen molar-refractivity contribution in [1.82, 2.24) is 9.97 Å². The lowest BCUT2D eigenvalue weighted by Gasteiger charge is -2.16. The number of aliphatic carboxylic acids is 1. The summed E-state index contributed by atoms with van der Waals surface area (Å²) in [5.74, 6) is -1.07. The highest BCUT2D eigenvalue weighted by Gasteiger charge is 2.30. The number of carbonyl (C=O) groups is 1. The lowest BCUT2D eigenvalue weighted by molar-refractivity contribution is -0.173. The molecule has 112 valence electrons. The number of halogens is 3. The number of alkyl halides is 3. The molecule has 0 aromatic carbocycles. The Morgan fingerprint density at radius 2 is 2.25 bits per heavy atom. The lowest BCUT2D eigenvalue weighted by Crippen LogP contribution is -2.18. The Hall–Kier alpha value is -1.57. The Labute approximate surface area is 113 Å². The van der Waals surface area contributed by atoms with E-state index in [1.807, 2.05) is 0 Å². The molecular formula is C12H15F3N2O3. The molecule has 0 aliphatic heterocycles. The fourth-order valence-electron chi connectivity index (χ4n) is 2.29. The van der Waals surface area contributed by atoms with Gasteiger partial charge in [-0.3, -0.25) is 4.79 Å². The highest BCUT2D eigenvalue weighted by Crippen LogP contribution is 2.30. The normalized spacial score (nSPS) is 18.9. The van der Waals surface area contributed by atoms with E-state index in [1.165, 1.54) is 0 Å². The molecule has 1 aliphatic rings. The molecule has 1 aliphatic carbocycles. The average molecular weight is 292 g/mol. The quantitative estimate of drug-likeness (QED) is 0.814. The molecule has 8 heteroatoms. The van der Waals surface area contributed by atoms with Gasteiger partial charge in [-0.05, 0) is 19.3 Å². The van der Waals surface area contributed by atoms with Crippen molar-refractivity contribution in [1.29, 1.82) is 0 Å². The van der Waals surface area contributed by atoms with Gasteiger partial charge in [0, 0.05) is 12.1 Å². The molecule has 1 heterocycles. The third-order valence-corrected chi connectivity index (χ3v) is 3.16. The van der Waals surface area contributed by atoms with E-state index < -0.39 is 24.7 Å². The zero-order valence-electron chi connectivity index (χ0n) is 10.7. The van der Waals surface area contributed by atoms with Crippen molar-refractivity contribution in [3.63, 3.8) is 0 Å². The number of hydrogen-bond donors (Lipinski definition) is 2. The van der Waals surface area contributed by atoms with Crippen LogP contribution in [-0.4, -0.2) is 40.4 Å². The number of nitrogens with zero attached hydrogens (tertiary/aromatic N) is 1. The highest BCUT2D eigenvalue weighted by molar-refractivity contribution is 5.76. The smallest absolute Gasteiger partial charge is 0.411 e. The Bertz CT molecular complexity index is 485. The molecule has 2 N–H and O–H groups in total. The van der Waals surface area contributed by atoms with E-state index in [4.69, 9.17) is 5.11 Å². The van der Waals surface area contributed by atoms with Crippen LogP contribution in [0.4, 0.5) is 13.2 Å². The van der Waals surface area contributed by atoms with Gasteiger partial charge in [0.15, 0.2) is 0 Å². The second kappa shape index (κ2) is 5.82. The van der Waals surface area contributed by atoms with Crippen LogP contribution >= 0.6 is 0 Å². The number of aromatic amines is 1. The fraction of sp³-hybridized carbons (Fsp3) is 0.667. The van der Waals surface area contributed by atoms with Crippen LogP contribution in [0.1, 0.15) is 36.0 Å². The van der Waals surface area contributed by atoms with Crippen molar-refractivity contribution in [2.24, 2.45) is 0 Å². The van der Waals surface area contributed by atoms with Gasteiger partial charge in [0.1, 0.15) is 18.3 Å². The summed E-state index contributed by atoms with van der Waals surface area (Å²) in [6.45, 7) is -1.39. The summed E-state index contributed by atoms with van der Waals surface area (Å²) in [5, 5.41) is 9.09. The number of carboxylic acids is 1. The first-order valence-corrected chi connectivity index (χ1v) is 6.32. The lowest BCUT2D eigenvalue weighted by atomic mass is 9.90. The average Bonchev–Trinajstić information content (AvgIpc) is 2.75. The number of rotatable bonds is 5. The molecule has 0 amide bonds. The molecule has 0 saturated heterocycles. The second-order valence-electron chi connectivity index (χ2n) is 4.75. The summed E-state index contributed by atoms with van der Waals surface area (Å²) < 4.78 is 40.2. The summed E-state index contributed by atoms with van der Waals surface area (Å²) in [4.78, 5) is 18.3. The summed E-state index contributed by atoms with van der Waals surface area (Å²) in [6.07, 6.45) is -2.12. The molecule has 0 fully saturated rings. The number of fused-ring (bicyclic) bond motifs is 1. The number of ether oxygens (including phenoxy) is 1. The summed E-state index contributed by atoms with van der Waals surface area (Å²) in [6, 6.07) is 0. The molecule has 20 heavy (non-hydrogen) atoms. The minimum atomic E-state index is -4.34. The van der Waals surface area contributed by atoms with E-state index in [0.29, 0.717) is 17.9 Å². The summed E-state index contributed by atoms with van der Waals surface area (Å²) in [5.41, 5.74) is 1.28. The summed E-state index contributed by atoms with van der Waals surface area (Å²) in [7, 11) is 0. The molecule has 5 nitrogen and oxygen atoms in total. The van der Waals surface area contributed by atoms with Crippen LogP contribution < -0.4 is 0 Å². The number of imidazole rings is 1. The SMILES string of the molecule is O=C(O)C1CCCc2[nH]c(CCOCC(F)(F)F)nc21. The van der Waals surface area contributed by atoms with Gasteiger partial charge in [0.2, 0.25) is 0 Å². The first-order valence-electron chi connectivity index (χ1n) is 6.32. The van der Waals surface area contributed by atoms with Gasteiger partial charge >= 0.3 is 12.1 Å². The van der Waals surface area contributed by atoms with Gasteiger partial charge in [0.25, 0.3) is 0 Å². The number of hydrogen-bond acceptors (Lipinski definition) is 3. The van der Waals surface area contributed by atoms with Gasteiger partial charge in [-0.1, -0.05) is 0 Å². The molecule has 0 bridgehead atoms. The zero-order valence-corrected chi connectivity index (χ0v) is 10.7. The van der Waals surface area contributed by atoms with Crippen LogP contribution in [0, 0.1) is 0 Å². The largest absolute Gasteiger partial charge is 0.481 e. The van der Waals surface area contributed by atoms with Crippen molar-refractivity contribution in [3.8, 4) is 0 Å². The predicted octanol–water partition coefficient (Wildman–Crippen LogP) is 2.04. The molecule has 1 aromatic rings. The van der Waals surface area contributed by atoms with Crippen LogP contribution in [0.15, 0.2) is 0 Å². The Kier molecular flexibility index (Phi) is 4.32. The van der Waals surface area contributed by atoms with Gasteiger partial charge in [-0.2, -0.15) is 13.2 Å². The Morgan fingerprint density at radius 1 is 1.50 bits per heavy atom. The Balaban J connectivity index is 1.93. The van der Waals surface area contributed by atoms with Crippen molar-refractivity contribution in [2.75, 3.05) is 13.2 Å². The monoisotopic (exact) mass is 292 g/mol. The third kappa shape index (κ3) is 3.72. The highest BCUT2D eigenvalue weighted by atomic mass is 19.4. The van der Waals surface area contributed by atoms with Gasteiger partial charge in [-0.25, -0.2) is 4.98 Å². The number of aryl methyl sites for hydroxylation is 1. The zero-order chi connectivity index (χ0) is 14.8. The standard InChI is InChI=1S/C12H15F3N2O3/c13-12(14,15)6-20-5-4-9-16-8-3-1-2-7(11(18)19)10(8)17-9/h7H,1-6H2,(H,16,17)(H,18,19). The maximum atomic E-state index is 11.9. The van der Waals surface area contributed by atoms with Crippen molar-refractivity contribution < 1.29 is 27.8 Å². The first-order chi connectivity index (χ1) is 9.37. The first kappa shape index (κ1) is 14.8. The number of aromatic nitrogens is 2. The Morgan fingerprint density at radius 3 is 2.90 bits per heavy atom. The van der Waals surface area contributed by atoms with Crippen molar-refractivity contribution in [2.45, 2.75) is 37.8 Å². The van der Waals surface area contributed by atoms with E-state index in [9.17, 15) is 18.0 Å². The molecule has 0 saturated carbocycles. The minimum absolute atomic E-state index is 0.107. The van der Waals surface area contributed by atoms with Gasteiger partial charge in [-0.15, -0.1) is 0 Å². The van der Waals surface area contributed by atoms with Crippen molar-refractivity contribution in [3.05, 3.63) is 17.2 Å². The van der Waals surface area contributed by atoms with Gasteiger partial charge < -0.3 is 14.8 Å². The van der Waals surface area contributed by atoms with E-state index >= 15 is 0 Å². The van der Waals surface area contributed by atoms with Crippen molar-refractivity contribution >= 4 is 5.97 Å². The van der Waals surface area contributed by atoms with E-state index in [-0.39, 0.29) is 13.0 Å². The van der Waals surface area contributed by atoms with E-state index in [1.54, 1.807) is 0 Å². The number of nitrogens with one attached hydrogen (secondary N) is 1. The van der Waals surface area contributed by atoms with Crippen LogP contribution in [0.2, 0.25) is 0 Å². The number of H-pyrrole nitrogens is 1. The third-order valence-electron chi connectivity index (χ3n) is 3.16. The van der Waals surface area contributed by atoms with E-state index in [0.717, 1.165) is 18.5 Å². The maximum Gasteiger partial charge on any atom is 0.411 e. The van der Waals surface area contributed by atoms with Crippen LogP contribution in [0.3, 0.4) is 0 Å². The second-order valence-corrected chi connectivity index (χ2v) is 4.75. The molecule has 1 unspecified atom stereocenters. The van der Waals surface area contributed by atoms with Gasteiger partial charge in [0.05, 0.1) is 12.3 Å². The molecule has 2 rings (SSSR count). The van der Waals surface area contributed by atoms with E-state index in [2.05, 4.69) is 14.7 Å². The molecule has 1 aromatic heterocycles. The predicted molar refractivity (Wildman–Crippen MR) is 62.5 cm³/mol. The fourth-order valence-corrected chi connectivity index (χ4v) is 2.29. The molecule has 1 atom stereocenters. The number of carboxylic acid groups (broad SMARTS) is 1. The maximum absolute atomic E-state index is 11.9. The summed E-state index contributed by atoms with van der Waals surface area (Å²) >= 11 is 0. The molecule has 0 spiro atoms. The van der Waals surface area contributed by atoms with Crippen LogP contribution in [-0.2, 0) is 22.4 Å². The minimum Gasteiger partial charge on any atom is -0.481 e. The van der Waals surface area contributed by atoms with Crippen LogP contribution in [0.25, 0.3) is 0 Å². The van der Waals surface area contributed by atoms with Crippen LogP contribution in [0.5, 0.6) is 0 Å².